The fraction of sp³-hybridized carbons (Fsp3) is 0.667. The maximum atomic E-state index is 12.7. The van der Waals surface area contributed by atoms with Crippen molar-refractivity contribution in [2.24, 2.45) is 5.41 Å². The predicted octanol–water partition coefficient (Wildman–Crippen LogP) is 5.88. The molecule has 0 unspecified atom stereocenters. The van der Waals surface area contributed by atoms with Crippen LogP contribution in [-0.4, -0.2) is 18.2 Å². The Morgan fingerprint density at radius 3 is 2.38 bits per heavy atom. The molecule has 0 aliphatic heterocycles. The van der Waals surface area contributed by atoms with Gasteiger partial charge in [-0.1, -0.05) is 52.2 Å². The first-order valence-electron chi connectivity index (χ1n) is 11.3. The van der Waals surface area contributed by atoms with Gasteiger partial charge in [0.2, 0.25) is 10.0 Å². The summed E-state index contributed by atoms with van der Waals surface area (Å²) < 4.78 is 30.7. The summed E-state index contributed by atoms with van der Waals surface area (Å²) in [6.07, 6.45) is 10.0. The zero-order valence-corrected chi connectivity index (χ0v) is 19.2. The van der Waals surface area contributed by atoms with Gasteiger partial charge in [0.1, 0.15) is 0 Å². The van der Waals surface area contributed by atoms with Crippen LogP contribution in [0.4, 0.5) is 0 Å². The molecule has 1 aromatic carbocycles. The van der Waals surface area contributed by atoms with E-state index in [0.717, 1.165) is 31.4 Å². The summed E-state index contributed by atoms with van der Waals surface area (Å²) in [6, 6.07) is 6.65. The molecule has 2 aliphatic rings. The number of rotatable bonds is 6. The van der Waals surface area contributed by atoms with E-state index < -0.39 is 10.0 Å². The quantitative estimate of drug-likeness (QED) is 0.639. The van der Waals surface area contributed by atoms with E-state index in [0.29, 0.717) is 5.92 Å². The van der Waals surface area contributed by atoms with Crippen LogP contribution in [0.5, 0.6) is 0 Å². The third-order valence-electron chi connectivity index (χ3n) is 6.71. The molecule has 0 radical (unpaired) electrons. The molecule has 1 heterocycles. The molecule has 2 fully saturated rings. The monoisotopic (exact) mass is 416 g/mol. The van der Waals surface area contributed by atoms with Gasteiger partial charge in [0, 0.05) is 29.7 Å². The molecule has 4 nitrogen and oxygen atoms in total. The van der Waals surface area contributed by atoms with Crippen LogP contribution in [0.2, 0.25) is 0 Å². The Hall–Kier alpha value is -1.33. The van der Waals surface area contributed by atoms with Gasteiger partial charge in [0.25, 0.3) is 0 Å². The maximum absolute atomic E-state index is 12.7. The van der Waals surface area contributed by atoms with Crippen molar-refractivity contribution >= 4 is 20.9 Å². The highest BCUT2D eigenvalue weighted by Gasteiger charge is 2.33. The van der Waals surface area contributed by atoms with Crippen LogP contribution in [0.1, 0.15) is 95.7 Å². The Kier molecular flexibility index (Phi) is 5.58. The SMILES string of the molecule is C[C@@H](NS(=O)(=O)C1CCC1)c1cn(CC(C)(C)C)c2cc(C3CCCC3)ccc12. The molecule has 2 aromatic rings. The van der Waals surface area contributed by atoms with Gasteiger partial charge in [-0.25, -0.2) is 13.1 Å². The Morgan fingerprint density at radius 1 is 1.10 bits per heavy atom. The van der Waals surface area contributed by atoms with Crippen molar-refractivity contribution in [1.29, 1.82) is 0 Å². The first-order valence-corrected chi connectivity index (χ1v) is 12.8. The van der Waals surface area contributed by atoms with E-state index in [2.05, 4.69) is 54.5 Å². The van der Waals surface area contributed by atoms with Crippen LogP contribution in [0, 0.1) is 5.41 Å². The number of hydrogen-bond donors (Lipinski definition) is 1. The van der Waals surface area contributed by atoms with Gasteiger partial charge >= 0.3 is 0 Å². The van der Waals surface area contributed by atoms with E-state index in [4.69, 9.17) is 0 Å². The minimum Gasteiger partial charge on any atom is -0.347 e. The van der Waals surface area contributed by atoms with Gasteiger partial charge in [0.15, 0.2) is 0 Å². The molecule has 5 heteroatoms. The van der Waals surface area contributed by atoms with E-state index >= 15 is 0 Å². The van der Waals surface area contributed by atoms with E-state index in [1.807, 2.05) is 6.92 Å². The fourth-order valence-electron chi connectivity index (χ4n) is 4.92. The van der Waals surface area contributed by atoms with Gasteiger partial charge in [-0.3, -0.25) is 0 Å². The van der Waals surface area contributed by atoms with Crippen LogP contribution < -0.4 is 4.72 Å². The van der Waals surface area contributed by atoms with Crippen molar-refractivity contribution in [2.75, 3.05) is 0 Å². The molecule has 1 atom stereocenters. The summed E-state index contributed by atoms with van der Waals surface area (Å²) >= 11 is 0. The zero-order valence-electron chi connectivity index (χ0n) is 18.4. The van der Waals surface area contributed by atoms with E-state index in [-0.39, 0.29) is 16.7 Å². The number of nitrogens with zero attached hydrogens (tertiary/aromatic N) is 1. The van der Waals surface area contributed by atoms with Gasteiger partial charge < -0.3 is 4.57 Å². The number of hydrogen-bond acceptors (Lipinski definition) is 2. The van der Waals surface area contributed by atoms with Gasteiger partial charge in [0.05, 0.1) is 5.25 Å². The summed E-state index contributed by atoms with van der Waals surface area (Å²) in [4.78, 5) is 0. The largest absolute Gasteiger partial charge is 0.347 e. The molecule has 0 saturated heterocycles. The smallest absolute Gasteiger partial charge is 0.215 e. The van der Waals surface area contributed by atoms with Crippen LogP contribution >= 0.6 is 0 Å². The highest BCUT2D eigenvalue weighted by molar-refractivity contribution is 7.90. The third kappa shape index (κ3) is 4.41. The van der Waals surface area contributed by atoms with Crippen molar-refractivity contribution in [3.05, 3.63) is 35.5 Å². The second kappa shape index (κ2) is 7.73. The minimum atomic E-state index is -3.25. The second-order valence-electron chi connectivity index (χ2n) is 10.5. The molecule has 2 aliphatic carbocycles. The molecular weight excluding hydrogens is 380 g/mol. The molecule has 29 heavy (non-hydrogen) atoms. The van der Waals surface area contributed by atoms with E-state index in [1.54, 1.807) is 0 Å². The van der Waals surface area contributed by atoms with Crippen molar-refractivity contribution < 1.29 is 8.42 Å². The maximum Gasteiger partial charge on any atom is 0.215 e. The van der Waals surface area contributed by atoms with Crippen molar-refractivity contribution in [3.63, 3.8) is 0 Å². The first kappa shape index (κ1) is 20.9. The molecule has 1 aromatic heterocycles. The van der Waals surface area contributed by atoms with E-state index in [1.165, 1.54) is 42.1 Å². The summed E-state index contributed by atoms with van der Waals surface area (Å²) in [7, 11) is -3.25. The van der Waals surface area contributed by atoms with Crippen molar-refractivity contribution in [3.8, 4) is 0 Å². The highest BCUT2D eigenvalue weighted by atomic mass is 32.2. The average Bonchev–Trinajstić information content (AvgIpc) is 3.19. The molecule has 0 bridgehead atoms. The Labute approximate surface area is 176 Å². The first-order chi connectivity index (χ1) is 13.6. The summed E-state index contributed by atoms with van der Waals surface area (Å²) in [5, 5.41) is 0.974. The number of sulfonamides is 1. The Bertz CT molecular complexity index is 974. The lowest BCUT2D eigenvalue weighted by Gasteiger charge is -2.27. The number of aromatic nitrogens is 1. The van der Waals surface area contributed by atoms with Crippen LogP contribution in [0.3, 0.4) is 0 Å². The third-order valence-corrected chi connectivity index (χ3v) is 8.74. The number of nitrogens with one attached hydrogen (secondary N) is 1. The predicted molar refractivity (Wildman–Crippen MR) is 121 cm³/mol. The Balaban J connectivity index is 1.71. The van der Waals surface area contributed by atoms with Gasteiger partial charge in [-0.05, 0) is 61.1 Å². The van der Waals surface area contributed by atoms with Crippen LogP contribution in [0.15, 0.2) is 24.4 Å². The number of benzene rings is 1. The lowest BCUT2D eigenvalue weighted by Crippen LogP contribution is -2.39. The second-order valence-corrected chi connectivity index (χ2v) is 12.5. The summed E-state index contributed by atoms with van der Waals surface area (Å²) in [5.74, 6) is 0.676. The van der Waals surface area contributed by atoms with Gasteiger partial charge in [-0.2, -0.15) is 0 Å². The lowest BCUT2D eigenvalue weighted by atomic mass is 9.95. The highest BCUT2D eigenvalue weighted by Crippen LogP contribution is 2.38. The van der Waals surface area contributed by atoms with Crippen molar-refractivity contribution in [1.82, 2.24) is 9.29 Å². The van der Waals surface area contributed by atoms with E-state index in [9.17, 15) is 8.42 Å². The number of fused-ring (bicyclic) bond motifs is 1. The summed E-state index contributed by atoms with van der Waals surface area (Å²) in [5.41, 5.74) is 3.93. The molecule has 160 valence electrons. The molecule has 0 amide bonds. The fourth-order valence-corrected chi connectivity index (χ4v) is 6.69. The molecule has 1 N–H and O–H groups in total. The standard InChI is InChI=1S/C24H36N2O2S/c1-17(25-29(27,28)20-10-7-11-20)22-15-26(16-24(2,3)4)23-14-19(12-13-21(22)23)18-8-5-6-9-18/h12-15,17-18,20,25H,5-11,16H2,1-4H3/t17-/m1/s1. The minimum absolute atomic E-state index is 0.154. The van der Waals surface area contributed by atoms with Crippen LogP contribution in [-0.2, 0) is 16.6 Å². The molecular formula is C24H36N2O2S. The van der Waals surface area contributed by atoms with Crippen molar-refractivity contribution in [2.45, 2.75) is 96.4 Å². The normalized spacial score (nSPS) is 20.3. The zero-order chi connectivity index (χ0) is 20.8. The van der Waals surface area contributed by atoms with Gasteiger partial charge in [-0.15, -0.1) is 0 Å². The van der Waals surface area contributed by atoms with Crippen LogP contribution in [0.25, 0.3) is 10.9 Å². The molecule has 0 spiro atoms. The Morgan fingerprint density at radius 2 is 1.79 bits per heavy atom. The lowest BCUT2D eigenvalue weighted by molar-refractivity contribution is 0.349. The molecule has 2 saturated carbocycles. The average molecular weight is 417 g/mol. The topological polar surface area (TPSA) is 51.1 Å². The summed E-state index contributed by atoms with van der Waals surface area (Å²) in [6.45, 7) is 9.66. The molecule has 4 rings (SSSR count).